The van der Waals surface area contributed by atoms with Crippen LogP contribution in [-0.4, -0.2) is 18.5 Å². The molecule has 0 aliphatic carbocycles. The summed E-state index contributed by atoms with van der Waals surface area (Å²) in [6.45, 7) is -0.343. The lowest BCUT2D eigenvalue weighted by atomic mass is 10.0. The number of rotatable bonds is 6. The van der Waals surface area contributed by atoms with Crippen LogP contribution in [-0.2, 0) is 27.3 Å². The van der Waals surface area contributed by atoms with E-state index in [4.69, 9.17) is 4.74 Å². The molecule has 0 heterocycles. The summed E-state index contributed by atoms with van der Waals surface area (Å²) >= 11 is 0. The second kappa shape index (κ2) is 8.25. The average Bonchev–Trinajstić information content (AvgIpc) is 2.66. The maximum Gasteiger partial charge on any atom is 0.310 e. The van der Waals surface area contributed by atoms with Gasteiger partial charge >= 0.3 is 5.97 Å². The molecule has 3 rings (SSSR count). The SMILES string of the molecule is O=C(COC(=O)Cc1cccc2ccccc12)NCc1ccccc1F. The number of esters is 1. The lowest BCUT2D eigenvalue weighted by Gasteiger charge is -2.09. The number of hydrogen-bond acceptors (Lipinski definition) is 3. The predicted molar refractivity (Wildman–Crippen MR) is 96.9 cm³/mol. The molecule has 26 heavy (non-hydrogen) atoms. The summed E-state index contributed by atoms with van der Waals surface area (Å²) in [5.41, 5.74) is 1.22. The maximum absolute atomic E-state index is 13.5. The summed E-state index contributed by atoms with van der Waals surface area (Å²) in [6, 6.07) is 19.7. The lowest BCUT2D eigenvalue weighted by Crippen LogP contribution is -2.29. The molecule has 0 unspecified atom stereocenters. The third kappa shape index (κ3) is 4.45. The molecule has 3 aromatic carbocycles. The third-order valence-corrected chi connectivity index (χ3v) is 4.01. The maximum atomic E-state index is 13.5. The normalized spacial score (nSPS) is 10.5. The molecule has 0 aromatic heterocycles. The Labute approximate surface area is 150 Å². The fraction of sp³-hybridized carbons (Fsp3) is 0.143. The second-order valence-electron chi connectivity index (χ2n) is 5.84. The van der Waals surface area contributed by atoms with Crippen molar-refractivity contribution in [2.45, 2.75) is 13.0 Å². The van der Waals surface area contributed by atoms with Crippen molar-refractivity contribution in [3.63, 3.8) is 0 Å². The molecule has 1 amide bonds. The molecule has 0 bridgehead atoms. The van der Waals surface area contributed by atoms with E-state index in [-0.39, 0.29) is 18.8 Å². The van der Waals surface area contributed by atoms with E-state index in [1.165, 1.54) is 6.07 Å². The first-order valence-corrected chi connectivity index (χ1v) is 8.26. The Kier molecular flexibility index (Phi) is 5.59. The minimum atomic E-state index is -0.484. The molecule has 0 saturated heterocycles. The number of nitrogens with one attached hydrogen (secondary N) is 1. The zero-order chi connectivity index (χ0) is 18.4. The molecular formula is C21H18FNO3. The van der Waals surface area contributed by atoms with Crippen LogP contribution in [0, 0.1) is 5.82 Å². The Morgan fingerprint density at radius 2 is 1.58 bits per heavy atom. The summed E-state index contributed by atoms with van der Waals surface area (Å²) in [6.07, 6.45) is 0.0853. The van der Waals surface area contributed by atoms with Gasteiger partial charge < -0.3 is 10.1 Å². The van der Waals surface area contributed by atoms with Gasteiger partial charge in [0.2, 0.25) is 0 Å². The van der Waals surface area contributed by atoms with Crippen molar-refractivity contribution in [3.8, 4) is 0 Å². The number of ether oxygens (including phenoxy) is 1. The molecule has 1 N–H and O–H groups in total. The minimum absolute atomic E-state index is 0.0480. The van der Waals surface area contributed by atoms with E-state index in [1.807, 2.05) is 42.5 Å². The quantitative estimate of drug-likeness (QED) is 0.693. The number of halogens is 1. The first-order chi connectivity index (χ1) is 12.6. The van der Waals surface area contributed by atoms with E-state index >= 15 is 0 Å². The van der Waals surface area contributed by atoms with E-state index in [1.54, 1.807) is 18.2 Å². The van der Waals surface area contributed by atoms with Crippen molar-refractivity contribution in [2.75, 3.05) is 6.61 Å². The summed E-state index contributed by atoms with van der Waals surface area (Å²) in [5, 5.41) is 4.56. The minimum Gasteiger partial charge on any atom is -0.455 e. The van der Waals surface area contributed by atoms with E-state index in [2.05, 4.69) is 5.32 Å². The summed E-state index contributed by atoms with van der Waals surface area (Å²) in [5.74, 6) is -1.34. The third-order valence-electron chi connectivity index (χ3n) is 4.01. The molecule has 3 aromatic rings. The lowest BCUT2D eigenvalue weighted by molar-refractivity contribution is -0.147. The highest BCUT2D eigenvalue weighted by atomic mass is 19.1. The first kappa shape index (κ1) is 17.6. The van der Waals surface area contributed by atoms with Crippen LogP contribution >= 0.6 is 0 Å². The highest BCUT2D eigenvalue weighted by Gasteiger charge is 2.11. The van der Waals surface area contributed by atoms with E-state index in [0.29, 0.717) is 5.56 Å². The van der Waals surface area contributed by atoms with Gasteiger partial charge in [0.05, 0.1) is 6.42 Å². The topological polar surface area (TPSA) is 55.4 Å². The smallest absolute Gasteiger partial charge is 0.310 e. The molecule has 0 fully saturated rings. The molecule has 0 aliphatic heterocycles. The summed E-state index contributed by atoms with van der Waals surface area (Å²) in [7, 11) is 0. The second-order valence-corrected chi connectivity index (χ2v) is 5.84. The van der Waals surface area contributed by atoms with Crippen LogP contribution in [0.15, 0.2) is 66.7 Å². The summed E-state index contributed by atoms with van der Waals surface area (Å²) < 4.78 is 18.5. The highest BCUT2D eigenvalue weighted by Crippen LogP contribution is 2.19. The van der Waals surface area contributed by atoms with Gasteiger partial charge in [-0.3, -0.25) is 9.59 Å². The Bertz CT molecular complexity index is 934. The molecule has 132 valence electrons. The Balaban J connectivity index is 1.50. The van der Waals surface area contributed by atoms with E-state index in [9.17, 15) is 14.0 Å². The Hall–Kier alpha value is -3.21. The van der Waals surface area contributed by atoms with Crippen molar-refractivity contribution >= 4 is 22.6 Å². The molecule has 4 nitrogen and oxygen atoms in total. The van der Waals surface area contributed by atoms with Crippen LogP contribution in [0.3, 0.4) is 0 Å². The van der Waals surface area contributed by atoms with Crippen LogP contribution in [0.2, 0.25) is 0 Å². The van der Waals surface area contributed by atoms with E-state index in [0.717, 1.165) is 16.3 Å². The van der Waals surface area contributed by atoms with Crippen molar-refractivity contribution in [3.05, 3.63) is 83.7 Å². The average molecular weight is 351 g/mol. The molecular weight excluding hydrogens is 333 g/mol. The number of hydrogen-bond donors (Lipinski definition) is 1. The highest BCUT2D eigenvalue weighted by molar-refractivity contribution is 5.89. The van der Waals surface area contributed by atoms with Gasteiger partial charge in [-0.1, -0.05) is 60.7 Å². The van der Waals surface area contributed by atoms with Gasteiger partial charge in [-0.25, -0.2) is 4.39 Å². The van der Waals surface area contributed by atoms with Gasteiger partial charge in [0.15, 0.2) is 6.61 Å². The zero-order valence-corrected chi connectivity index (χ0v) is 14.1. The van der Waals surface area contributed by atoms with Gasteiger partial charge in [0.25, 0.3) is 5.91 Å². The summed E-state index contributed by atoms with van der Waals surface area (Å²) in [4.78, 5) is 23.8. The van der Waals surface area contributed by atoms with Crippen molar-refractivity contribution in [2.24, 2.45) is 0 Å². The number of benzene rings is 3. The fourth-order valence-electron chi connectivity index (χ4n) is 2.69. The van der Waals surface area contributed by atoms with Gasteiger partial charge in [-0.15, -0.1) is 0 Å². The monoisotopic (exact) mass is 351 g/mol. The van der Waals surface area contributed by atoms with Crippen molar-refractivity contribution in [1.82, 2.24) is 5.32 Å². The molecule has 0 spiro atoms. The molecule has 0 saturated carbocycles. The van der Waals surface area contributed by atoms with Crippen LogP contribution in [0.4, 0.5) is 4.39 Å². The fourth-order valence-corrected chi connectivity index (χ4v) is 2.69. The number of amides is 1. The molecule has 0 atom stereocenters. The molecule has 5 heteroatoms. The van der Waals surface area contributed by atoms with Crippen molar-refractivity contribution in [1.29, 1.82) is 0 Å². The van der Waals surface area contributed by atoms with Gasteiger partial charge in [-0.2, -0.15) is 0 Å². The zero-order valence-electron chi connectivity index (χ0n) is 14.1. The van der Waals surface area contributed by atoms with Gasteiger partial charge in [0.1, 0.15) is 5.82 Å². The first-order valence-electron chi connectivity index (χ1n) is 8.26. The standard InChI is InChI=1S/C21H18FNO3/c22-19-11-4-2-7-17(19)13-23-20(24)14-26-21(25)12-16-9-5-8-15-6-1-3-10-18(15)16/h1-11H,12-14H2,(H,23,24). The van der Waals surface area contributed by atoms with Gasteiger partial charge in [0, 0.05) is 12.1 Å². The molecule has 0 aliphatic rings. The van der Waals surface area contributed by atoms with Crippen LogP contribution in [0.5, 0.6) is 0 Å². The Morgan fingerprint density at radius 1 is 0.885 bits per heavy atom. The number of carbonyl (C=O) groups is 2. The molecule has 0 radical (unpaired) electrons. The van der Waals surface area contributed by atoms with Crippen LogP contribution in [0.1, 0.15) is 11.1 Å². The van der Waals surface area contributed by atoms with Crippen LogP contribution in [0.25, 0.3) is 10.8 Å². The van der Waals surface area contributed by atoms with E-state index < -0.39 is 18.5 Å². The number of carbonyl (C=O) groups excluding carboxylic acids is 2. The van der Waals surface area contributed by atoms with Gasteiger partial charge in [-0.05, 0) is 22.4 Å². The van der Waals surface area contributed by atoms with Crippen LogP contribution < -0.4 is 5.32 Å². The number of fused-ring (bicyclic) bond motifs is 1. The largest absolute Gasteiger partial charge is 0.455 e. The van der Waals surface area contributed by atoms with Crippen molar-refractivity contribution < 1.29 is 18.7 Å². The predicted octanol–water partition coefficient (Wildman–Crippen LogP) is 3.38. The Morgan fingerprint density at radius 3 is 2.42 bits per heavy atom.